The van der Waals surface area contributed by atoms with Crippen LogP contribution in [-0.2, 0) is 12.4 Å². The molecule has 0 atom stereocenters. The van der Waals surface area contributed by atoms with Gasteiger partial charge in [-0.2, -0.15) is 36.9 Å². The minimum Gasteiger partial charge on any atom is -0.370 e. The zero-order valence-corrected chi connectivity index (χ0v) is 47.9. The van der Waals surface area contributed by atoms with Gasteiger partial charge in [0.15, 0.2) is 11.6 Å². The molecule has 6 heterocycles. The molecule has 0 bridgehead atoms. The van der Waals surface area contributed by atoms with Gasteiger partial charge in [0.25, 0.3) is 0 Å². The predicted molar refractivity (Wildman–Crippen MR) is 319 cm³/mol. The topological polar surface area (TPSA) is 204 Å². The van der Waals surface area contributed by atoms with Crippen molar-refractivity contribution in [3.63, 3.8) is 0 Å². The van der Waals surface area contributed by atoms with E-state index in [-0.39, 0.29) is 23.0 Å². The second-order valence-corrected chi connectivity index (χ2v) is 23.0. The number of aryl methyl sites for hydroxylation is 2. The SMILES string of the molecule is Cc1ccc(Nc2nc3ccccc3c(N3CCC(NC(C)(C)C)CC3)c2C#N)cc1Nc1nccc(C(F)(F)F)n1.Cc1ccc(Nc2nc3ccccc3c(N3CCC(NC(C)(C)C)CC3)c2C#N)cc1Nc1nccc(C(F)(F)F)n1. The molecule has 0 saturated carbocycles. The molecule has 0 unspecified atom stereocenters. The summed E-state index contributed by atoms with van der Waals surface area (Å²) in [5.74, 6) is 0.481. The summed E-state index contributed by atoms with van der Waals surface area (Å²) in [6.07, 6.45) is -3.22. The smallest absolute Gasteiger partial charge is 0.370 e. The molecule has 4 aromatic carbocycles. The van der Waals surface area contributed by atoms with E-state index in [4.69, 9.17) is 9.97 Å². The molecular weight excluding hydrogens is 1080 g/mol. The van der Waals surface area contributed by atoms with Crippen molar-refractivity contribution in [2.75, 3.05) is 57.2 Å². The quantitative estimate of drug-likeness (QED) is 0.0630. The van der Waals surface area contributed by atoms with E-state index in [1.165, 1.54) is 0 Å². The lowest BCUT2D eigenvalue weighted by Gasteiger charge is -2.38. The molecule has 84 heavy (non-hydrogen) atoms. The number of halogens is 6. The Morgan fingerprint density at radius 1 is 0.488 bits per heavy atom. The first kappa shape index (κ1) is 59.8. The van der Waals surface area contributed by atoms with Gasteiger partial charge in [0.1, 0.15) is 34.7 Å². The molecule has 0 amide bonds. The summed E-state index contributed by atoms with van der Waals surface area (Å²) in [6.45, 7) is 19.8. The molecule has 10 rings (SSSR count). The highest BCUT2D eigenvalue weighted by molar-refractivity contribution is 5.99. The molecule has 2 aliphatic rings. The van der Waals surface area contributed by atoms with E-state index < -0.39 is 23.7 Å². The van der Waals surface area contributed by atoms with Crippen LogP contribution in [0.4, 0.5) is 84.0 Å². The number of nitrogens with one attached hydrogen (secondary N) is 6. The number of aromatic nitrogens is 6. The molecular formula is C62H66F6N16. The van der Waals surface area contributed by atoms with E-state index >= 15 is 0 Å². The molecule has 0 aliphatic carbocycles. The second kappa shape index (κ2) is 24.5. The van der Waals surface area contributed by atoms with Gasteiger partial charge >= 0.3 is 12.4 Å². The second-order valence-electron chi connectivity index (χ2n) is 23.0. The van der Waals surface area contributed by atoms with Crippen LogP contribution in [0.1, 0.15) is 101 Å². The van der Waals surface area contributed by atoms with E-state index in [0.29, 0.717) is 57.6 Å². The predicted octanol–water partition coefficient (Wildman–Crippen LogP) is 14.1. The van der Waals surface area contributed by atoms with Gasteiger partial charge in [0.05, 0.1) is 22.4 Å². The highest BCUT2D eigenvalue weighted by Gasteiger charge is 2.35. The number of rotatable bonds is 12. The Morgan fingerprint density at radius 2 is 0.857 bits per heavy atom. The van der Waals surface area contributed by atoms with Crippen molar-refractivity contribution < 1.29 is 26.3 Å². The van der Waals surface area contributed by atoms with Crippen molar-refractivity contribution in [1.29, 1.82) is 10.5 Å². The summed E-state index contributed by atoms with van der Waals surface area (Å²) in [5.41, 5.74) is 5.89. The molecule has 2 fully saturated rings. The number of para-hydroxylation sites is 2. The summed E-state index contributed by atoms with van der Waals surface area (Å²) in [4.78, 5) is 29.2. The molecule has 6 N–H and O–H groups in total. The van der Waals surface area contributed by atoms with E-state index in [2.05, 4.69) is 115 Å². The van der Waals surface area contributed by atoms with Gasteiger partial charge < -0.3 is 41.7 Å². The third-order valence-corrected chi connectivity index (χ3v) is 14.2. The Hall–Kier alpha value is -8.86. The van der Waals surface area contributed by atoms with Gasteiger partial charge in [-0.15, -0.1) is 0 Å². The lowest BCUT2D eigenvalue weighted by Crippen LogP contribution is -2.49. The van der Waals surface area contributed by atoms with Crippen molar-refractivity contribution in [2.24, 2.45) is 0 Å². The number of fused-ring (bicyclic) bond motifs is 2. The molecule has 8 aromatic rings. The fourth-order valence-electron chi connectivity index (χ4n) is 10.5. The first-order valence-electron chi connectivity index (χ1n) is 27.6. The van der Waals surface area contributed by atoms with Gasteiger partial charge in [-0.05, 0) is 141 Å². The Kier molecular flexibility index (Phi) is 17.5. The minimum absolute atomic E-state index is 0.0279. The van der Waals surface area contributed by atoms with Gasteiger partial charge in [0.2, 0.25) is 11.9 Å². The van der Waals surface area contributed by atoms with Crippen LogP contribution < -0.4 is 41.7 Å². The third-order valence-electron chi connectivity index (χ3n) is 14.2. The van der Waals surface area contributed by atoms with Crippen molar-refractivity contribution in [3.05, 3.63) is 143 Å². The van der Waals surface area contributed by atoms with E-state index in [0.717, 1.165) is 121 Å². The number of benzene rings is 4. The molecule has 22 heteroatoms. The van der Waals surface area contributed by atoms with Gasteiger partial charge in [-0.3, -0.25) is 0 Å². The van der Waals surface area contributed by atoms with Crippen molar-refractivity contribution in [3.8, 4) is 12.1 Å². The summed E-state index contributed by atoms with van der Waals surface area (Å²) < 4.78 is 79.0. The number of hydrogen-bond acceptors (Lipinski definition) is 16. The number of pyridine rings is 2. The Balaban J connectivity index is 0.000000202. The van der Waals surface area contributed by atoms with Crippen LogP contribution in [0.3, 0.4) is 0 Å². The summed E-state index contributed by atoms with van der Waals surface area (Å²) >= 11 is 0. The van der Waals surface area contributed by atoms with E-state index in [1.54, 1.807) is 12.1 Å². The Bertz CT molecular complexity index is 3510. The molecule has 0 spiro atoms. The number of alkyl halides is 6. The van der Waals surface area contributed by atoms with Crippen LogP contribution in [0.25, 0.3) is 21.8 Å². The largest absolute Gasteiger partial charge is 0.433 e. The maximum atomic E-state index is 13.2. The number of hydrogen-bond donors (Lipinski definition) is 6. The minimum atomic E-state index is -4.58. The molecule has 436 valence electrons. The maximum absolute atomic E-state index is 13.2. The van der Waals surface area contributed by atoms with Gasteiger partial charge in [-0.1, -0.05) is 48.5 Å². The Labute approximate surface area is 484 Å². The summed E-state index contributed by atoms with van der Waals surface area (Å²) in [5, 5.41) is 42.3. The normalized spacial score (nSPS) is 14.6. The molecule has 4 aromatic heterocycles. The highest BCUT2D eigenvalue weighted by atomic mass is 19.4. The fraction of sp³-hybridized carbons (Fsp3) is 0.355. The lowest BCUT2D eigenvalue weighted by atomic mass is 9.98. The average molecular weight is 1150 g/mol. The van der Waals surface area contributed by atoms with Crippen LogP contribution in [0.2, 0.25) is 0 Å². The molecule has 2 aliphatic heterocycles. The zero-order chi connectivity index (χ0) is 60.1. The molecule has 16 nitrogen and oxygen atoms in total. The monoisotopic (exact) mass is 1150 g/mol. The van der Waals surface area contributed by atoms with Crippen molar-refractivity contribution >= 4 is 79.5 Å². The van der Waals surface area contributed by atoms with Crippen molar-refractivity contribution in [1.82, 2.24) is 40.5 Å². The van der Waals surface area contributed by atoms with E-state index in [1.807, 2.05) is 86.6 Å². The number of anilines is 10. The molecule has 2 saturated heterocycles. The van der Waals surface area contributed by atoms with Gasteiger partial charge in [0, 0.05) is 95.3 Å². The highest BCUT2D eigenvalue weighted by Crippen LogP contribution is 2.40. The average Bonchev–Trinajstić information content (AvgIpc) is 1.21. The van der Waals surface area contributed by atoms with Gasteiger partial charge in [-0.25, -0.2) is 29.9 Å². The van der Waals surface area contributed by atoms with Crippen molar-refractivity contribution in [2.45, 2.75) is 117 Å². The van der Waals surface area contributed by atoms with Crippen LogP contribution in [0.5, 0.6) is 0 Å². The first-order chi connectivity index (χ1) is 39.8. The van der Waals surface area contributed by atoms with Crippen LogP contribution >= 0.6 is 0 Å². The van der Waals surface area contributed by atoms with Crippen LogP contribution in [0.15, 0.2) is 109 Å². The standard InChI is InChI=1S/2C31H33F3N8/c2*1-19-9-10-21(17-25(19)39-29-36-14-11-26(40-29)31(32,33)34)37-28-23(18-35)27(22-7-5-6-8-24(22)38-28)42-15-12-20(13-16-42)41-30(2,3)4/h2*5-11,14,17,20,41H,12-13,15-16H2,1-4H3,(H,37,38)(H,36,39,40). The lowest BCUT2D eigenvalue weighted by molar-refractivity contribution is -0.141. The van der Waals surface area contributed by atoms with Crippen LogP contribution in [-0.4, -0.2) is 79.2 Å². The Morgan fingerprint density at radius 3 is 1.20 bits per heavy atom. The fourth-order valence-corrected chi connectivity index (χ4v) is 10.5. The first-order valence-corrected chi connectivity index (χ1v) is 27.6. The third kappa shape index (κ3) is 14.7. The van der Waals surface area contributed by atoms with E-state index in [9.17, 15) is 36.9 Å². The zero-order valence-electron chi connectivity index (χ0n) is 47.9. The summed E-state index contributed by atoms with van der Waals surface area (Å²) in [7, 11) is 0. The maximum Gasteiger partial charge on any atom is 0.433 e. The summed E-state index contributed by atoms with van der Waals surface area (Å²) in [6, 6.07) is 33.5. The number of piperidine rings is 2. The van der Waals surface area contributed by atoms with Crippen LogP contribution in [0, 0.1) is 36.5 Å². The number of nitrogens with zero attached hydrogens (tertiary/aromatic N) is 10. The molecule has 0 radical (unpaired) electrons. The number of nitriles is 2.